The molecule has 1 aromatic carbocycles. The largest absolute Gasteiger partial charge is 0.502 e. The van der Waals surface area contributed by atoms with Crippen LogP contribution in [0, 0.1) is 16.2 Å². The molecule has 61 valence electrons. The van der Waals surface area contributed by atoms with E-state index in [4.69, 9.17) is 5.11 Å². The lowest BCUT2D eigenvalue weighted by atomic mass is 10.1. The summed E-state index contributed by atoms with van der Waals surface area (Å²) < 4.78 is 0. The Balaban J connectivity index is 3.39. The Morgan fingerprint density at radius 3 is 2.67 bits per heavy atom. The summed E-state index contributed by atoms with van der Waals surface area (Å²) in [6.45, 7) is 3.27. The van der Waals surface area contributed by atoms with Crippen molar-refractivity contribution in [1.29, 1.82) is 0 Å². The van der Waals surface area contributed by atoms with Crippen LogP contribution in [0.5, 0.6) is 5.75 Å². The molecule has 12 heavy (non-hydrogen) atoms. The minimum Gasteiger partial charge on any atom is -0.502 e. The van der Waals surface area contributed by atoms with Crippen LogP contribution >= 0.6 is 0 Å². The molecule has 0 amide bonds. The van der Waals surface area contributed by atoms with Crippen LogP contribution in [0.1, 0.15) is 5.56 Å². The first-order chi connectivity index (χ1) is 5.66. The molecular formula is C8H6NO3. The Morgan fingerprint density at radius 2 is 2.25 bits per heavy atom. The Hall–Kier alpha value is -1.84. The second kappa shape index (κ2) is 3.04. The maximum atomic E-state index is 10.4. The molecule has 0 aliphatic carbocycles. The summed E-state index contributed by atoms with van der Waals surface area (Å²) in [5.74, 6) is -0.367. The Kier molecular flexibility index (Phi) is 2.09. The number of phenols is 1. The zero-order valence-corrected chi connectivity index (χ0v) is 6.15. The fourth-order valence-electron chi connectivity index (χ4n) is 0.866. The Bertz CT molecular complexity index is 333. The highest BCUT2D eigenvalue weighted by Gasteiger charge is 2.16. The highest BCUT2D eigenvalue weighted by Crippen LogP contribution is 2.28. The van der Waals surface area contributed by atoms with E-state index in [-0.39, 0.29) is 17.0 Å². The van der Waals surface area contributed by atoms with E-state index in [1.165, 1.54) is 18.2 Å². The van der Waals surface area contributed by atoms with Gasteiger partial charge in [0, 0.05) is 0 Å². The van der Waals surface area contributed by atoms with Gasteiger partial charge in [-0.25, -0.2) is 0 Å². The van der Waals surface area contributed by atoms with E-state index in [1.807, 2.05) is 0 Å². The molecular weight excluding hydrogens is 158 g/mol. The SMILES string of the molecule is C=[C]c1cccc(O)c1[N+](=O)[O-]. The fraction of sp³-hybridized carbons (Fsp3) is 0. The van der Waals surface area contributed by atoms with Crippen LogP contribution in [0.25, 0.3) is 0 Å². The van der Waals surface area contributed by atoms with E-state index in [0.29, 0.717) is 0 Å². The second-order valence-electron chi connectivity index (χ2n) is 2.11. The molecule has 0 bridgehead atoms. The molecule has 1 rings (SSSR count). The zero-order valence-electron chi connectivity index (χ0n) is 6.15. The van der Waals surface area contributed by atoms with Crippen molar-refractivity contribution in [2.75, 3.05) is 0 Å². The molecule has 0 heterocycles. The Labute approximate surface area is 68.9 Å². The van der Waals surface area contributed by atoms with Crippen LogP contribution in [0.2, 0.25) is 0 Å². The van der Waals surface area contributed by atoms with Crippen LogP contribution in [0.15, 0.2) is 24.8 Å². The minimum absolute atomic E-state index is 0.194. The van der Waals surface area contributed by atoms with Gasteiger partial charge in [0.25, 0.3) is 0 Å². The highest BCUT2D eigenvalue weighted by atomic mass is 16.6. The van der Waals surface area contributed by atoms with Crippen molar-refractivity contribution in [3.05, 3.63) is 46.5 Å². The molecule has 0 aromatic heterocycles. The van der Waals surface area contributed by atoms with Crippen molar-refractivity contribution in [2.45, 2.75) is 0 Å². The molecule has 0 spiro atoms. The predicted octanol–water partition coefficient (Wildman–Crippen LogP) is 1.64. The van der Waals surface area contributed by atoms with Gasteiger partial charge in [-0.15, -0.1) is 0 Å². The molecule has 1 aromatic rings. The normalized spacial score (nSPS) is 9.33. The monoisotopic (exact) mass is 164 g/mol. The molecule has 4 nitrogen and oxygen atoms in total. The van der Waals surface area contributed by atoms with E-state index in [0.717, 1.165) is 0 Å². The number of aromatic hydroxyl groups is 1. The number of hydrogen-bond acceptors (Lipinski definition) is 3. The van der Waals surface area contributed by atoms with Crippen molar-refractivity contribution in [3.8, 4) is 5.75 Å². The molecule has 0 aliphatic rings. The number of para-hydroxylation sites is 1. The standard InChI is InChI=1S/C8H6NO3/c1-2-6-4-3-5-7(10)8(6)9(11)12/h3-5,10H,1H2. The molecule has 0 atom stereocenters. The molecule has 0 fully saturated rings. The third-order valence-corrected chi connectivity index (χ3v) is 1.39. The van der Waals surface area contributed by atoms with Crippen molar-refractivity contribution in [1.82, 2.24) is 0 Å². The van der Waals surface area contributed by atoms with Crippen molar-refractivity contribution in [3.63, 3.8) is 0 Å². The topological polar surface area (TPSA) is 63.4 Å². The Morgan fingerprint density at radius 1 is 1.58 bits per heavy atom. The molecule has 1 N–H and O–H groups in total. The first kappa shape index (κ1) is 8.26. The lowest BCUT2D eigenvalue weighted by molar-refractivity contribution is -0.386. The maximum Gasteiger partial charge on any atom is 0.318 e. The summed E-state index contributed by atoms with van der Waals surface area (Å²) in [7, 11) is 0. The maximum absolute atomic E-state index is 10.4. The lowest BCUT2D eigenvalue weighted by Gasteiger charge is -1.97. The average molecular weight is 164 g/mol. The molecule has 0 saturated heterocycles. The van der Waals surface area contributed by atoms with Crippen molar-refractivity contribution in [2.24, 2.45) is 0 Å². The number of nitro groups is 1. The lowest BCUT2D eigenvalue weighted by Crippen LogP contribution is -1.91. The second-order valence-corrected chi connectivity index (χ2v) is 2.11. The fourth-order valence-corrected chi connectivity index (χ4v) is 0.866. The quantitative estimate of drug-likeness (QED) is 0.533. The van der Waals surface area contributed by atoms with Gasteiger partial charge in [-0.3, -0.25) is 10.1 Å². The zero-order chi connectivity index (χ0) is 9.14. The molecule has 0 aliphatic heterocycles. The summed E-state index contributed by atoms with van der Waals surface area (Å²) in [5, 5.41) is 19.5. The predicted molar refractivity (Wildman–Crippen MR) is 42.7 cm³/mol. The smallest absolute Gasteiger partial charge is 0.318 e. The number of rotatable bonds is 2. The third kappa shape index (κ3) is 1.27. The van der Waals surface area contributed by atoms with E-state index in [1.54, 1.807) is 0 Å². The number of nitro benzene ring substituents is 1. The average Bonchev–Trinajstić information content (AvgIpc) is 2.03. The van der Waals surface area contributed by atoms with E-state index >= 15 is 0 Å². The molecule has 0 unspecified atom stereocenters. The van der Waals surface area contributed by atoms with Gasteiger partial charge in [0.05, 0.1) is 10.5 Å². The van der Waals surface area contributed by atoms with Gasteiger partial charge in [0.2, 0.25) is 0 Å². The first-order valence-corrected chi connectivity index (χ1v) is 3.16. The van der Waals surface area contributed by atoms with Gasteiger partial charge in [0.1, 0.15) is 0 Å². The number of benzene rings is 1. The number of nitrogens with zero attached hydrogens (tertiary/aromatic N) is 1. The summed E-state index contributed by atoms with van der Waals surface area (Å²) in [6, 6.07) is 4.21. The number of phenolic OH excluding ortho intramolecular Hbond substituents is 1. The van der Waals surface area contributed by atoms with Crippen LogP contribution in [-0.2, 0) is 0 Å². The van der Waals surface area contributed by atoms with Crippen LogP contribution in [-0.4, -0.2) is 10.0 Å². The van der Waals surface area contributed by atoms with E-state index in [9.17, 15) is 10.1 Å². The first-order valence-electron chi connectivity index (χ1n) is 3.16. The number of hydrogen-bond donors (Lipinski definition) is 1. The van der Waals surface area contributed by atoms with Gasteiger partial charge in [-0.05, 0) is 18.2 Å². The van der Waals surface area contributed by atoms with Gasteiger partial charge in [-0.2, -0.15) is 0 Å². The summed E-state index contributed by atoms with van der Waals surface area (Å²) in [4.78, 5) is 9.72. The van der Waals surface area contributed by atoms with E-state index in [2.05, 4.69) is 12.7 Å². The minimum atomic E-state index is -0.664. The van der Waals surface area contributed by atoms with Crippen LogP contribution in [0.3, 0.4) is 0 Å². The van der Waals surface area contributed by atoms with Gasteiger partial charge in [0.15, 0.2) is 5.75 Å². The van der Waals surface area contributed by atoms with Gasteiger partial charge >= 0.3 is 5.69 Å². The summed E-state index contributed by atoms with van der Waals surface area (Å²) in [6.07, 6.45) is 2.37. The van der Waals surface area contributed by atoms with E-state index < -0.39 is 4.92 Å². The molecule has 0 saturated carbocycles. The van der Waals surface area contributed by atoms with Crippen LogP contribution < -0.4 is 0 Å². The van der Waals surface area contributed by atoms with Crippen molar-refractivity contribution < 1.29 is 10.0 Å². The summed E-state index contributed by atoms with van der Waals surface area (Å²) >= 11 is 0. The van der Waals surface area contributed by atoms with Gasteiger partial charge < -0.3 is 5.11 Å². The molecule has 4 heteroatoms. The highest BCUT2D eigenvalue weighted by molar-refractivity contribution is 5.53. The van der Waals surface area contributed by atoms with Crippen molar-refractivity contribution >= 4 is 5.69 Å². The summed E-state index contributed by atoms with van der Waals surface area (Å²) in [5.41, 5.74) is -0.160. The van der Waals surface area contributed by atoms with Gasteiger partial charge in [-0.1, -0.05) is 12.6 Å². The van der Waals surface area contributed by atoms with Crippen LogP contribution in [0.4, 0.5) is 5.69 Å². The third-order valence-electron chi connectivity index (χ3n) is 1.39. The molecule has 1 radical (unpaired) electrons.